The lowest BCUT2D eigenvalue weighted by atomic mass is 10.1. The molecule has 0 aliphatic carbocycles. The first-order valence-corrected chi connectivity index (χ1v) is 5.39. The number of pyridine rings is 1. The van der Waals surface area contributed by atoms with Crippen molar-refractivity contribution in [2.45, 2.75) is 18.9 Å². The second-order valence-corrected chi connectivity index (χ2v) is 3.88. The Hall–Kier alpha value is -1.49. The molecule has 0 unspecified atom stereocenters. The molecule has 16 heavy (non-hydrogen) atoms. The number of aromatic nitrogens is 1. The molecule has 1 atom stereocenters. The van der Waals surface area contributed by atoms with Gasteiger partial charge >= 0.3 is 0 Å². The summed E-state index contributed by atoms with van der Waals surface area (Å²) in [5.74, 6) is -0.676. The van der Waals surface area contributed by atoms with Gasteiger partial charge in [0.1, 0.15) is 11.5 Å². The predicted octanol–water partition coefficient (Wildman–Crippen LogP) is 0.702. The van der Waals surface area contributed by atoms with Crippen molar-refractivity contribution >= 4 is 5.91 Å². The van der Waals surface area contributed by atoms with Crippen LogP contribution >= 0.6 is 0 Å². The van der Waals surface area contributed by atoms with Crippen molar-refractivity contribution < 1.29 is 9.18 Å². The fourth-order valence-corrected chi connectivity index (χ4v) is 1.74. The number of carbonyl (C=O) groups is 1. The van der Waals surface area contributed by atoms with Gasteiger partial charge in [0.05, 0.1) is 6.20 Å². The van der Waals surface area contributed by atoms with E-state index in [-0.39, 0.29) is 17.6 Å². The highest BCUT2D eigenvalue weighted by molar-refractivity contribution is 5.92. The van der Waals surface area contributed by atoms with Gasteiger partial charge in [-0.15, -0.1) is 0 Å². The Labute approximate surface area is 93.3 Å². The van der Waals surface area contributed by atoms with E-state index in [0.29, 0.717) is 0 Å². The van der Waals surface area contributed by atoms with Crippen molar-refractivity contribution in [1.82, 2.24) is 15.6 Å². The molecule has 1 amide bonds. The maximum Gasteiger partial charge on any atom is 0.270 e. The molecule has 1 saturated heterocycles. The number of nitrogens with one attached hydrogen (secondary N) is 2. The maximum atomic E-state index is 12.6. The first kappa shape index (κ1) is 11.0. The van der Waals surface area contributed by atoms with Crippen LogP contribution in [0.5, 0.6) is 0 Å². The largest absolute Gasteiger partial charge is 0.347 e. The van der Waals surface area contributed by atoms with Crippen LogP contribution in [0, 0.1) is 5.82 Å². The number of hydrogen-bond donors (Lipinski definition) is 2. The Balaban J connectivity index is 1.94. The summed E-state index contributed by atoms with van der Waals surface area (Å²) in [6.07, 6.45) is 3.08. The summed E-state index contributed by atoms with van der Waals surface area (Å²) < 4.78 is 12.6. The molecule has 5 heteroatoms. The smallest absolute Gasteiger partial charge is 0.270 e. The van der Waals surface area contributed by atoms with Crippen molar-refractivity contribution in [2.24, 2.45) is 0 Å². The summed E-state index contributed by atoms with van der Waals surface area (Å²) in [6.45, 7) is 1.79. The van der Waals surface area contributed by atoms with Crippen LogP contribution in [0.4, 0.5) is 4.39 Å². The van der Waals surface area contributed by atoms with Crippen molar-refractivity contribution in [1.29, 1.82) is 0 Å². The van der Waals surface area contributed by atoms with Crippen LogP contribution in [-0.4, -0.2) is 30.0 Å². The Bertz CT molecular complexity index is 360. The molecule has 1 aliphatic rings. The highest BCUT2D eigenvalue weighted by Gasteiger charge is 2.16. The van der Waals surface area contributed by atoms with Gasteiger partial charge in [-0.2, -0.15) is 0 Å². The average Bonchev–Trinajstić information content (AvgIpc) is 2.31. The predicted molar refractivity (Wildman–Crippen MR) is 57.6 cm³/mol. The summed E-state index contributed by atoms with van der Waals surface area (Å²) in [7, 11) is 0. The molecular formula is C11H14FN3O. The van der Waals surface area contributed by atoms with Crippen LogP contribution in [0.1, 0.15) is 23.3 Å². The lowest BCUT2D eigenvalue weighted by Crippen LogP contribution is -2.45. The third kappa shape index (κ3) is 2.76. The molecular weight excluding hydrogens is 209 g/mol. The third-order valence-corrected chi connectivity index (χ3v) is 2.59. The molecule has 0 aromatic carbocycles. The molecule has 1 fully saturated rings. The number of piperidine rings is 1. The topological polar surface area (TPSA) is 54.0 Å². The molecule has 2 heterocycles. The number of carbonyl (C=O) groups excluding carboxylic acids is 1. The van der Waals surface area contributed by atoms with Crippen molar-refractivity contribution in [2.75, 3.05) is 13.1 Å². The van der Waals surface area contributed by atoms with Gasteiger partial charge in [0.2, 0.25) is 0 Å². The summed E-state index contributed by atoms with van der Waals surface area (Å²) in [6, 6.07) is 2.77. The fraction of sp³-hybridized carbons (Fsp3) is 0.455. The number of amides is 1. The first-order valence-electron chi connectivity index (χ1n) is 5.39. The molecule has 2 N–H and O–H groups in total. The summed E-state index contributed by atoms with van der Waals surface area (Å²) in [5, 5.41) is 6.07. The molecule has 4 nitrogen and oxygen atoms in total. The zero-order valence-electron chi connectivity index (χ0n) is 8.87. The second-order valence-electron chi connectivity index (χ2n) is 3.88. The standard InChI is InChI=1S/C11H14FN3O/c12-8-3-4-10(14-6-8)11(16)15-9-2-1-5-13-7-9/h3-4,6,9,13H,1-2,5,7H2,(H,15,16)/t9-/m0/s1. The molecule has 0 bridgehead atoms. The molecule has 2 rings (SSSR count). The van der Waals surface area contributed by atoms with E-state index in [4.69, 9.17) is 0 Å². The Morgan fingerprint density at radius 3 is 3.06 bits per heavy atom. The zero-order valence-corrected chi connectivity index (χ0v) is 8.87. The highest BCUT2D eigenvalue weighted by Crippen LogP contribution is 2.03. The van der Waals surface area contributed by atoms with E-state index in [2.05, 4.69) is 15.6 Å². The quantitative estimate of drug-likeness (QED) is 0.776. The van der Waals surface area contributed by atoms with Crippen molar-refractivity contribution in [3.8, 4) is 0 Å². The van der Waals surface area contributed by atoms with Gasteiger partial charge in [0, 0.05) is 12.6 Å². The van der Waals surface area contributed by atoms with E-state index in [9.17, 15) is 9.18 Å². The Morgan fingerprint density at radius 1 is 1.56 bits per heavy atom. The minimum atomic E-state index is -0.434. The van der Waals surface area contributed by atoms with E-state index >= 15 is 0 Å². The van der Waals surface area contributed by atoms with Crippen LogP contribution in [-0.2, 0) is 0 Å². The van der Waals surface area contributed by atoms with Gasteiger partial charge in [-0.05, 0) is 31.5 Å². The van der Waals surface area contributed by atoms with E-state index in [1.165, 1.54) is 12.1 Å². The van der Waals surface area contributed by atoms with E-state index in [1.807, 2.05) is 0 Å². The Kier molecular flexibility index (Phi) is 3.46. The van der Waals surface area contributed by atoms with Crippen LogP contribution in [0.15, 0.2) is 18.3 Å². The van der Waals surface area contributed by atoms with Gasteiger partial charge in [-0.3, -0.25) is 4.79 Å². The monoisotopic (exact) mass is 223 g/mol. The summed E-state index contributed by atoms with van der Waals surface area (Å²) in [4.78, 5) is 15.4. The van der Waals surface area contributed by atoms with Crippen LogP contribution < -0.4 is 10.6 Å². The molecule has 0 saturated carbocycles. The number of hydrogen-bond acceptors (Lipinski definition) is 3. The van der Waals surface area contributed by atoms with Crippen molar-refractivity contribution in [3.63, 3.8) is 0 Å². The highest BCUT2D eigenvalue weighted by atomic mass is 19.1. The average molecular weight is 223 g/mol. The normalized spacial score (nSPS) is 20.4. The van der Waals surface area contributed by atoms with Crippen LogP contribution in [0.2, 0.25) is 0 Å². The summed E-state index contributed by atoms with van der Waals surface area (Å²) in [5.41, 5.74) is 0.256. The minimum absolute atomic E-state index is 0.146. The second kappa shape index (κ2) is 5.03. The molecule has 0 spiro atoms. The number of halogens is 1. The minimum Gasteiger partial charge on any atom is -0.347 e. The molecule has 86 valence electrons. The Morgan fingerprint density at radius 2 is 2.44 bits per heavy atom. The van der Waals surface area contributed by atoms with Gasteiger partial charge in [-0.25, -0.2) is 9.37 Å². The molecule has 1 aliphatic heterocycles. The van der Waals surface area contributed by atoms with Gasteiger partial charge in [-0.1, -0.05) is 0 Å². The van der Waals surface area contributed by atoms with E-state index in [0.717, 1.165) is 32.1 Å². The van der Waals surface area contributed by atoms with Crippen molar-refractivity contribution in [3.05, 3.63) is 29.8 Å². The van der Waals surface area contributed by atoms with Gasteiger partial charge in [0.15, 0.2) is 0 Å². The SMILES string of the molecule is O=C(N[C@H]1CCCNC1)c1ccc(F)cn1. The van der Waals surface area contributed by atoms with Gasteiger partial charge < -0.3 is 10.6 Å². The van der Waals surface area contributed by atoms with Crippen LogP contribution in [0.3, 0.4) is 0 Å². The molecule has 1 aromatic rings. The number of nitrogens with zero attached hydrogens (tertiary/aromatic N) is 1. The summed E-state index contributed by atoms with van der Waals surface area (Å²) >= 11 is 0. The third-order valence-electron chi connectivity index (χ3n) is 2.59. The van der Waals surface area contributed by atoms with E-state index < -0.39 is 5.82 Å². The van der Waals surface area contributed by atoms with E-state index in [1.54, 1.807) is 0 Å². The zero-order chi connectivity index (χ0) is 11.4. The van der Waals surface area contributed by atoms with Crippen LogP contribution in [0.25, 0.3) is 0 Å². The first-order chi connectivity index (χ1) is 7.75. The van der Waals surface area contributed by atoms with Gasteiger partial charge in [0.25, 0.3) is 5.91 Å². The molecule has 0 radical (unpaired) electrons. The lowest BCUT2D eigenvalue weighted by Gasteiger charge is -2.23. The molecule has 1 aromatic heterocycles. The fourth-order valence-electron chi connectivity index (χ4n) is 1.74. The lowest BCUT2D eigenvalue weighted by molar-refractivity contribution is 0.0925. The maximum absolute atomic E-state index is 12.6. The number of rotatable bonds is 2.